The first-order chi connectivity index (χ1) is 13.9. The summed E-state index contributed by atoms with van der Waals surface area (Å²) in [7, 11) is 3.01. The number of hydrogen-bond donors (Lipinski definition) is 1. The summed E-state index contributed by atoms with van der Waals surface area (Å²) in [6.45, 7) is 1.41. The minimum Gasteiger partial charge on any atom is -0.496 e. The van der Waals surface area contributed by atoms with Crippen molar-refractivity contribution in [2.45, 2.75) is 13.0 Å². The van der Waals surface area contributed by atoms with Crippen LogP contribution in [0.3, 0.4) is 0 Å². The summed E-state index contributed by atoms with van der Waals surface area (Å²) in [5.41, 5.74) is 1.68. The topological polar surface area (TPSA) is 94.2 Å². The van der Waals surface area contributed by atoms with Gasteiger partial charge in [-0.1, -0.05) is 18.2 Å². The second kappa shape index (κ2) is 8.64. The Morgan fingerprint density at radius 1 is 1.21 bits per heavy atom. The van der Waals surface area contributed by atoms with E-state index < -0.39 is 24.6 Å². The Bertz CT molecular complexity index is 943. The fourth-order valence-corrected chi connectivity index (χ4v) is 3.00. The molecule has 2 aromatic rings. The van der Waals surface area contributed by atoms with Crippen LogP contribution in [-0.4, -0.2) is 51.2 Å². The zero-order valence-electron chi connectivity index (χ0n) is 16.4. The minimum absolute atomic E-state index is 0.0193. The van der Waals surface area contributed by atoms with Crippen molar-refractivity contribution in [3.63, 3.8) is 0 Å². The number of amides is 2. The van der Waals surface area contributed by atoms with Gasteiger partial charge >= 0.3 is 5.97 Å². The number of nitrogens with one attached hydrogen (secondary N) is 1. The highest BCUT2D eigenvalue weighted by Gasteiger charge is 2.33. The average molecular weight is 398 g/mol. The Morgan fingerprint density at radius 2 is 1.97 bits per heavy atom. The first kappa shape index (κ1) is 20.2. The normalized spacial score (nSPS) is 15.0. The standard InChI is InChI=1S/C21H22N2O6/c1-13-8-9-14(10-17(13)27-3)21(26)28-12-19(24)23-11-18(20(25)22-2)29-16-7-5-4-6-15(16)23/h4-10,18H,11-12H2,1-3H3,(H,22,25). The van der Waals surface area contributed by atoms with Crippen LogP contribution in [0.5, 0.6) is 11.5 Å². The molecular weight excluding hydrogens is 376 g/mol. The molecule has 2 amide bonds. The smallest absolute Gasteiger partial charge is 0.338 e. The molecule has 1 unspecified atom stereocenters. The van der Waals surface area contributed by atoms with Gasteiger partial charge < -0.3 is 24.4 Å². The van der Waals surface area contributed by atoms with Crippen LogP contribution in [0.2, 0.25) is 0 Å². The van der Waals surface area contributed by atoms with Crippen LogP contribution in [0.4, 0.5) is 5.69 Å². The lowest BCUT2D eigenvalue weighted by molar-refractivity contribution is -0.128. The zero-order chi connectivity index (χ0) is 21.0. The number of ether oxygens (including phenoxy) is 3. The van der Waals surface area contributed by atoms with E-state index in [-0.39, 0.29) is 18.0 Å². The lowest BCUT2D eigenvalue weighted by Crippen LogP contribution is -2.51. The number of esters is 1. The molecule has 29 heavy (non-hydrogen) atoms. The highest BCUT2D eigenvalue weighted by atomic mass is 16.5. The maximum atomic E-state index is 12.8. The van der Waals surface area contributed by atoms with Gasteiger partial charge in [0.15, 0.2) is 12.7 Å². The van der Waals surface area contributed by atoms with Crippen molar-refractivity contribution in [3.05, 3.63) is 53.6 Å². The fraction of sp³-hybridized carbons (Fsp3) is 0.286. The monoisotopic (exact) mass is 398 g/mol. The molecule has 0 fully saturated rings. The van der Waals surface area contributed by atoms with E-state index in [2.05, 4.69) is 5.32 Å². The van der Waals surface area contributed by atoms with E-state index >= 15 is 0 Å². The molecule has 0 saturated heterocycles. The largest absolute Gasteiger partial charge is 0.496 e. The predicted molar refractivity (Wildman–Crippen MR) is 105 cm³/mol. The third kappa shape index (κ3) is 4.31. The van der Waals surface area contributed by atoms with Crippen LogP contribution in [-0.2, 0) is 14.3 Å². The van der Waals surface area contributed by atoms with Gasteiger partial charge in [-0.25, -0.2) is 4.79 Å². The maximum absolute atomic E-state index is 12.8. The Balaban J connectivity index is 1.72. The van der Waals surface area contributed by atoms with Gasteiger partial charge in [0.1, 0.15) is 11.5 Å². The van der Waals surface area contributed by atoms with Crippen molar-refractivity contribution in [2.75, 3.05) is 32.2 Å². The molecule has 0 aliphatic carbocycles. The predicted octanol–water partition coefficient (Wildman–Crippen LogP) is 1.70. The molecule has 0 aromatic heterocycles. The summed E-state index contributed by atoms with van der Waals surface area (Å²) in [5.74, 6) is -0.472. The van der Waals surface area contributed by atoms with Crippen molar-refractivity contribution in [3.8, 4) is 11.5 Å². The van der Waals surface area contributed by atoms with Gasteiger partial charge in [-0.05, 0) is 36.8 Å². The number of carbonyl (C=O) groups excluding carboxylic acids is 3. The van der Waals surface area contributed by atoms with Crippen LogP contribution < -0.4 is 19.7 Å². The first-order valence-corrected chi connectivity index (χ1v) is 9.04. The van der Waals surface area contributed by atoms with E-state index in [9.17, 15) is 14.4 Å². The number of aryl methyl sites for hydroxylation is 1. The van der Waals surface area contributed by atoms with E-state index in [1.54, 1.807) is 42.5 Å². The number of hydrogen-bond acceptors (Lipinski definition) is 6. The molecule has 3 rings (SSSR count). The molecule has 0 saturated carbocycles. The maximum Gasteiger partial charge on any atom is 0.338 e. The number of carbonyl (C=O) groups is 3. The van der Waals surface area contributed by atoms with Gasteiger partial charge in [0.25, 0.3) is 11.8 Å². The summed E-state index contributed by atoms with van der Waals surface area (Å²) in [6, 6.07) is 11.8. The van der Waals surface area contributed by atoms with Crippen LogP contribution in [0.25, 0.3) is 0 Å². The molecule has 152 valence electrons. The van der Waals surface area contributed by atoms with Crippen molar-refractivity contribution < 1.29 is 28.6 Å². The lowest BCUT2D eigenvalue weighted by Gasteiger charge is -2.33. The van der Waals surface area contributed by atoms with Gasteiger partial charge in [0, 0.05) is 7.05 Å². The van der Waals surface area contributed by atoms with E-state index in [0.29, 0.717) is 17.2 Å². The number of benzene rings is 2. The molecule has 1 atom stereocenters. The number of fused-ring (bicyclic) bond motifs is 1. The molecule has 1 N–H and O–H groups in total. The summed E-state index contributed by atoms with van der Waals surface area (Å²) >= 11 is 0. The minimum atomic E-state index is -0.851. The van der Waals surface area contributed by atoms with Crippen molar-refractivity contribution in [1.29, 1.82) is 0 Å². The highest BCUT2D eigenvalue weighted by molar-refractivity contribution is 5.99. The van der Waals surface area contributed by atoms with E-state index in [0.717, 1.165) is 5.56 Å². The molecule has 2 aromatic carbocycles. The summed E-state index contributed by atoms with van der Waals surface area (Å²) in [6.07, 6.45) is -0.851. The van der Waals surface area contributed by atoms with Gasteiger partial charge in [0.05, 0.1) is 24.9 Å². The lowest BCUT2D eigenvalue weighted by atomic mass is 10.1. The second-order valence-electron chi connectivity index (χ2n) is 6.45. The number of rotatable bonds is 5. The summed E-state index contributed by atoms with van der Waals surface area (Å²) < 4.78 is 16.1. The van der Waals surface area contributed by atoms with Crippen LogP contribution >= 0.6 is 0 Å². The third-order valence-corrected chi connectivity index (χ3v) is 4.58. The van der Waals surface area contributed by atoms with Crippen LogP contribution in [0.15, 0.2) is 42.5 Å². The van der Waals surface area contributed by atoms with Crippen molar-refractivity contribution in [2.24, 2.45) is 0 Å². The summed E-state index contributed by atoms with van der Waals surface area (Å²) in [4.78, 5) is 38.5. The number of para-hydroxylation sites is 2. The van der Waals surface area contributed by atoms with Gasteiger partial charge in [-0.2, -0.15) is 0 Å². The van der Waals surface area contributed by atoms with Gasteiger partial charge in [-0.15, -0.1) is 0 Å². The van der Waals surface area contributed by atoms with Crippen LogP contribution in [0, 0.1) is 6.92 Å². The molecule has 1 aliphatic rings. The Kier molecular flexibility index (Phi) is 6.01. The third-order valence-electron chi connectivity index (χ3n) is 4.58. The fourth-order valence-electron chi connectivity index (χ4n) is 3.00. The Morgan fingerprint density at radius 3 is 2.69 bits per heavy atom. The van der Waals surface area contributed by atoms with Crippen molar-refractivity contribution >= 4 is 23.5 Å². The quantitative estimate of drug-likeness (QED) is 0.771. The average Bonchev–Trinajstić information content (AvgIpc) is 2.76. The first-order valence-electron chi connectivity index (χ1n) is 9.04. The molecule has 8 heteroatoms. The number of anilines is 1. The second-order valence-corrected chi connectivity index (χ2v) is 6.45. The Hall–Kier alpha value is -3.55. The van der Waals surface area contributed by atoms with Gasteiger partial charge in [0.2, 0.25) is 0 Å². The number of likely N-dealkylation sites (N-methyl/N-ethyl adjacent to an activating group) is 1. The Labute approximate surface area is 168 Å². The van der Waals surface area contributed by atoms with Crippen LogP contribution in [0.1, 0.15) is 15.9 Å². The highest BCUT2D eigenvalue weighted by Crippen LogP contribution is 2.33. The van der Waals surface area contributed by atoms with Crippen molar-refractivity contribution in [1.82, 2.24) is 5.32 Å². The molecular formula is C21H22N2O6. The molecule has 8 nitrogen and oxygen atoms in total. The zero-order valence-corrected chi connectivity index (χ0v) is 16.4. The molecule has 1 aliphatic heterocycles. The van der Waals surface area contributed by atoms with Gasteiger partial charge in [-0.3, -0.25) is 9.59 Å². The molecule has 0 bridgehead atoms. The molecule has 0 spiro atoms. The number of nitrogens with zero attached hydrogens (tertiary/aromatic N) is 1. The summed E-state index contributed by atoms with van der Waals surface area (Å²) in [5, 5.41) is 2.51. The molecule has 0 radical (unpaired) electrons. The van der Waals surface area contributed by atoms with E-state index in [4.69, 9.17) is 14.2 Å². The SMILES string of the molecule is CNC(=O)C1CN(C(=O)COC(=O)c2ccc(C)c(OC)c2)c2ccccc2O1. The number of methoxy groups -OCH3 is 1. The molecule has 1 heterocycles. The van der Waals surface area contributed by atoms with E-state index in [1.165, 1.54) is 19.1 Å². The van der Waals surface area contributed by atoms with E-state index in [1.807, 2.05) is 6.92 Å².